The summed E-state index contributed by atoms with van der Waals surface area (Å²) in [6.07, 6.45) is 4.39. The Labute approximate surface area is 136 Å². The molecule has 1 fully saturated rings. The number of rotatable bonds is 2. The van der Waals surface area contributed by atoms with Crippen LogP contribution in [-0.4, -0.2) is 43.5 Å². The van der Waals surface area contributed by atoms with Gasteiger partial charge in [0.15, 0.2) is 5.69 Å². The first kappa shape index (κ1) is 14.5. The Hall–Kier alpha value is -2.11. The molecule has 0 unspecified atom stereocenters. The zero-order valence-corrected chi connectivity index (χ0v) is 14.0. The summed E-state index contributed by atoms with van der Waals surface area (Å²) in [4.78, 5) is 14.7. The van der Waals surface area contributed by atoms with Gasteiger partial charge >= 0.3 is 0 Å². The molecule has 0 bridgehead atoms. The first-order valence-corrected chi connectivity index (χ1v) is 8.41. The minimum absolute atomic E-state index is 0.0848. The zero-order valence-electron chi connectivity index (χ0n) is 14.0. The molecule has 1 amide bonds. The summed E-state index contributed by atoms with van der Waals surface area (Å²) >= 11 is 0. The second-order valence-corrected chi connectivity index (χ2v) is 6.84. The van der Waals surface area contributed by atoms with Gasteiger partial charge in [-0.2, -0.15) is 10.2 Å². The quantitative estimate of drug-likeness (QED) is 0.849. The maximum atomic E-state index is 12.8. The minimum atomic E-state index is 0.0848. The summed E-state index contributed by atoms with van der Waals surface area (Å²) < 4.78 is 3.95. The molecular weight excluding hydrogens is 290 g/mol. The van der Waals surface area contributed by atoms with Crippen LogP contribution in [0.5, 0.6) is 0 Å². The Morgan fingerprint density at radius 3 is 2.61 bits per heavy atom. The van der Waals surface area contributed by atoms with E-state index in [2.05, 4.69) is 23.2 Å². The fourth-order valence-corrected chi connectivity index (χ4v) is 3.89. The molecule has 0 atom stereocenters. The Morgan fingerprint density at radius 2 is 1.91 bits per heavy atom. The number of aryl methyl sites for hydroxylation is 3. The van der Waals surface area contributed by atoms with E-state index in [9.17, 15) is 4.79 Å². The van der Waals surface area contributed by atoms with Crippen molar-refractivity contribution in [3.63, 3.8) is 0 Å². The van der Waals surface area contributed by atoms with E-state index in [0.29, 0.717) is 11.7 Å². The molecule has 6 heteroatoms. The van der Waals surface area contributed by atoms with Crippen LogP contribution < -0.4 is 0 Å². The maximum Gasteiger partial charge on any atom is 0.274 e. The largest absolute Gasteiger partial charge is 0.333 e. The number of amides is 1. The van der Waals surface area contributed by atoms with Crippen molar-refractivity contribution in [3.05, 3.63) is 34.4 Å². The monoisotopic (exact) mass is 313 g/mol. The van der Waals surface area contributed by atoms with E-state index in [-0.39, 0.29) is 5.91 Å². The Balaban J connectivity index is 1.51. The molecule has 0 aromatic carbocycles. The highest BCUT2D eigenvalue weighted by Crippen LogP contribution is 2.28. The van der Waals surface area contributed by atoms with Gasteiger partial charge in [0.25, 0.3) is 5.91 Å². The standard InChI is InChI=1S/C17H23N5O/c1-11-8-12(2)22(18-11)13-9-21(10-13)17(23)16-14-6-4-5-7-15(14)20(3)19-16/h8,13H,4-7,9-10H2,1-3H3. The van der Waals surface area contributed by atoms with Crippen LogP contribution in [0.15, 0.2) is 6.07 Å². The van der Waals surface area contributed by atoms with Crippen molar-refractivity contribution in [1.29, 1.82) is 0 Å². The van der Waals surface area contributed by atoms with Crippen LogP contribution in [0, 0.1) is 13.8 Å². The van der Waals surface area contributed by atoms with E-state index in [4.69, 9.17) is 0 Å². The molecular formula is C17H23N5O. The summed E-state index contributed by atoms with van der Waals surface area (Å²) in [5, 5.41) is 9.05. The number of hydrogen-bond acceptors (Lipinski definition) is 3. The molecule has 0 saturated carbocycles. The van der Waals surface area contributed by atoms with E-state index in [1.165, 1.54) is 17.7 Å². The van der Waals surface area contributed by atoms with Gasteiger partial charge in [0.1, 0.15) is 0 Å². The molecule has 0 N–H and O–H groups in total. The fourth-order valence-electron chi connectivity index (χ4n) is 3.89. The highest BCUT2D eigenvalue weighted by Gasteiger charge is 2.36. The van der Waals surface area contributed by atoms with Crippen molar-refractivity contribution >= 4 is 5.91 Å². The second-order valence-electron chi connectivity index (χ2n) is 6.84. The molecule has 2 aromatic rings. The van der Waals surface area contributed by atoms with Crippen molar-refractivity contribution < 1.29 is 4.79 Å². The van der Waals surface area contributed by atoms with Gasteiger partial charge in [-0.25, -0.2) is 0 Å². The number of hydrogen-bond donors (Lipinski definition) is 0. The van der Waals surface area contributed by atoms with Crippen LogP contribution in [0.25, 0.3) is 0 Å². The summed E-state index contributed by atoms with van der Waals surface area (Å²) in [5.74, 6) is 0.0848. The highest BCUT2D eigenvalue weighted by atomic mass is 16.2. The molecule has 0 radical (unpaired) electrons. The fraction of sp³-hybridized carbons (Fsp3) is 0.588. The minimum Gasteiger partial charge on any atom is -0.333 e. The molecule has 2 aromatic heterocycles. The van der Waals surface area contributed by atoms with Crippen molar-refractivity contribution in [2.75, 3.05) is 13.1 Å². The lowest BCUT2D eigenvalue weighted by Crippen LogP contribution is -2.51. The number of carbonyl (C=O) groups is 1. The van der Waals surface area contributed by atoms with E-state index >= 15 is 0 Å². The van der Waals surface area contributed by atoms with E-state index < -0.39 is 0 Å². The molecule has 4 rings (SSSR count). The third-order valence-corrected chi connectivity index (χ3v) is 5.11. The van der Waals surface area contributed by atoms with Crippen LogP contribution in [0.2, 0.25) is 0 Å². The Bertz CT molecular complexity index is 766. The van der Waals surface area contributed by atoms with Crippen LogP contribution in [0.1, 0.15) is 52.0 Å². The van der Waals surface area contributed by atoms with Crippen LogP contribution in [0.3, 0.4) is 0 Å². The summed E-state index contributed by atoms with van der Waals surface area (Å²) in [5.41, 5.74) is 5.29. The smallest absolute Gasteiger partial charge is 0.274 e. The summed E-state index contributed by atoms with van der Waals surface area (Å²) in [7, 11) is 1.95. The number of carbonyl (C=O) groups excluding carboxylic acids is 1. The van der Waals surface area contributed by atoms with Gasteiger partial charge in [-0.15, -0.1) is 0 Å². The van der Waals surface area contributed by atoms with Crippen molar-refractivity contribution in [1.82, 2.24) is 24.5 Å². The van der Waals surface area contributed by atoms with Crippen molar-refractivity contribution in [2.45, 2.75) is 45.6 Å². The highest BCUT2D eigenvalue weighted by molar-refractivity contribution is 5.94. The van der Waals surface area contributed by atoms with E-state index in [1.54, 1.807) is 0 Å². The van der Waals surface area contributed by atoms with Crippen molar-refractivity contribution in [2.24, 2.45) is 7.05 Å². The van der Waals surface area contributed by atoms with Gasteiger partial charge in [-0.05, 0) is 45.6 Å². The van der Waals surface area contributed by atoms with Crippen LogP contribution >= 0.6 is 0 Å². The normalized spacial score (nSPS) is 18.0. The van der Waals surface area contributed by atoms with E-state index in [1.807, 2.05) is 28.2 Å². The Kier molecular flexibility index (Phi) is 3.28. The van der Waals surface area contributed by atoms with Gasteiger partial charge in [-0.3, -0.25) is 14.2 Å². The molecule has 1 aliphatic carbocycles. The second kappa shape index (κ2) is 5.22. The molecule has 2 aliphatic rings. The first-order chi connectivity index (χ1) is 11.0. The molecule has 3 heterocycles. The maximum absolute atomic E-state index is 12.8. The zero-order chi connectivity index (χ0) is 16.1. The number of fused-ring (bicyclic) bond motifs is 1. The first-order valence-electron chi connectivity index (χ1n) is 8.41. The molecule has 1 saturated heterocycles. The predicted octanol–water partition coefficient (Wildman–Crippen LogP) is 1.81. The molecule has 23 heavy (non-hydrogen) atoms. The number of likely N-dealkylation sites (tertiary alicyclic amines) is 1. The average Bonchev–Trinajstić information content (AvgIpc) is 2.98. The summed E-state index contributed by atoms with van der Waals surface area (Å²) in [6.45, 7) is 5.53. The van der Waals surface area contributed by atoms with E-state index in [0.717, 1.165) is 43.7 Å². The van der Waals surface area contributed by atoms with Gasteiger partial charge in [-0.1, -0.05) is 0 Å². The Morgan fingerprint density at radius 1 is 1.17 bits per heavy atom. The summed E-state index contributed by atoms with van der Waals surface area (Å²) in [6, 6.07) is 2.38. The lowest BCUT2D eigenvalue weighted by atomic mass is 9.95. The molecule has 122 valence electrons. The number of aromatic nitrogens is 4. The predicted molar refractivity (Wildman–Crippen MR) is 86.5 cm³/mol. The van der Waals surface area contributed by atoms with Gasteiger partial charge < -0.3 is 4.90 Å². The lowest BCUT2D eigenvalue weighted by molar-refractivity contribution is 0.0489. The van der Waals surface area contributed by atoms with Gasteiger partial charge in [0.2, 0.25) is 0 Å². The van der Waals surface area contributed by atoms with Crippen LogP contribution in [0.4, 0.5) is 0 Å². The van der Waals surface area contributed by atoms with Crippen molar-refractivity contribution in [3.8, 4) is 0 Å². The topological polar surface area (TPSA) is 56.0 Å². The molecule has 1 aliphatic heterocycles. The average molecular weight is 313 g/mol. The third-order valence-electron chi connectivity index (χ3n) is 5.11. The third kappa shape index (κ3) is 2.28. The number of nitrogens with zero attached hydrogens (tertiary/aromatic N) is 5. The molecule has 0 spiro atoms. The SMILES string of the molecule is Cc1cc(C)n(C2CN(C(=O)c3nn(C)c4c3CCCC4)C2)n1. The van der Waals surface area contributed by atoms with Crippen LogP contribution in [-0.2, 0) is 19.9 Å². The lowest BCUT2D eigenvalue weighted by Gasteiger charge is -2.39. The van der Waals surface area contributed by atoms with Gasteiger partial charge in [0, 0.05) is 37.1 Å². The van der Waals surface area contributed by atoms with Gasteiger partial charge in [0.05, 0.1) is 11.7 Å². The molecule has 6 nitrogen and oxygen atoms in total.